The van der Waals surface area contributed by atoms with Gasteiger partial charge in [0.1, 0.15) is 17.1 Å². The van der Waals surface area contributed by atoms with E-state index in [1.54, 1.807) is 10.8 Å². The van der Waals surface area contributed by atoms with Crippen molar-refractivity contribution in [3.63, 3.8) is 0 Å². The number of fused-ring (bicyclic) bond motifs is 1. The maximum Gasteiger partial charge on any atom is 0.276 e. The highest BCUT2D eigenvalue weighted by Crippen LogP contribution is 2.30. The molecule has 2 N–H and O–H groups in total. The van der Waals surface area contributed by atoms with E-state index < -0.39 is 0 Å². The highest BCUT2D eigenvalue weighted by Gasteiger charge is 2.24. The van der Waals surface area contributed by atoms with Gasteiger partial charge >= 0.3 is 0 Å². The monoisotopic (exact) mass is 555 g/mol. The molecule has 0 saturated carbocycles. The molecule has 1 aromatic carbocycles. The van der Waals surface area contributed by atoms with E-state index in [2.05, 4.69) is 43.7 Å². The fourth-order valence-electron chi connectivity index (χ4n) is 5.77. The average Bonchev–Trinajstić information content (AvgIpc) is 3.49. The van der Waals surface area contributed by atoms with Gasteiger partial charge in [-0.25, -0.2) is 9.97 Å². The van der Waals surface area contributed by atoms with E-state index in [0.29, 0.717) is 36.3 Å². The molecule has 3 aromatic heterocycles. The summed E-state index contributed by atoms with van der Waals surface area (Å²) in [6, 6.07) is 10.2. The average molecular weight is 556 g/mol. The van der Waals surface area contributed by atoms with Gasteiger partial charge in [-0.3, -0.25) is 9.36 Å². The third-order valence-electron chi connectivity index (χ3n) is 8.07. The molecule has 0 atom stereocenters. The number of rotatable bonds is 9. The third-order valence-corrected chi connectivity index (χ3v) is 8.07. The summed E-state index contributed by atoms with van der Waals surface area (Å²) >= 11 is 0. The first kappa shape index (κ1) is 27.2. The van der Waals surface area contributed by atoms with E-state index >= 15 is 0 Å². The van der Waals surface area contributed by atoms with E-state index in [4.69, 9.17) is 14.1 Å². The van der Waals surface area contributed by atoms with Gasteiger partial charge in [-0.1, -0.05) is 18.2 Å². The van der Waals surface area contributed by atoms with Crippen molar-refractivity contribution in [3.05, 3.63) is 76.4 Å². The topological polar surface area (TPSA) is 110 Å². The van der Waals surface area contributed by atoms with Gasteiger partial charge in [0.2, 0.25) is 5.95 Å². The molecule has 214 valence electrons. The zero-order valence-corrected chi connectivity index (χ0v) is 23.7. The van der Waals surface area contributed by atoms with Gasteiger partial charge < -0.3 is 24.7 Å². The van der Waals surface area contributed by atoms with Crippen LogP contribution in [0.25, 0.3) is 16.6 Å². The summed E-state index contributed by atoms with van der Waals surface area (Å²) in [5.74, 6) is 1.37. The predicted molar refractivity (Wildman–Crippen MR) is 161 cm³/mol. The van der Waals surface area contributed by atoms with Crippen molar-refractivity contribution in [2.45, 2.75) is 45.6 Å². The minimum atomic E-state index is -0.111. The molecule has 2 aliphatic rings. The number of ether oxygens (including phenoxy) is 1. The molecule has 2 aliphatic heterocycles. The van der Waals surface area contributed by atoms with Crippen LogP contribution in [0, 0.1) is 0 Å². The van der Waals surface area contributed by atoms with Gasteiger partial charge in [-0.05, 0) is 69.0 Å². The summed E-state index contributed by atoms with van der Waals surface area (Å²) in [6.07, 6.45) is 8.30. The van der Waals surface area contributed by atoms with Crippen LogP contribution in [0.15, 0.2) is 58.2 Å². The molecule has 0 bridgehead atoms. The summed E-state index contributed by atoms with van der Waals surface area (Å²) in [5.41, 5.74) is 5.43. The molecule has 10 heteroatoms. The van der Waals surface area contributed by atoms with Crippen molar-refractivity contribution in [2.75, 3.05) is 49.6 Å². The van der Waals surface area contributed by atoms with Crippen molar-refractivity contribution in [2.24, 2.45) is 0 Å². The number of nitrogens with zero attached hydrogens (tertiary/aromatic N) is 5. The fraction of sp³-hybridized carbons (Fsp3) is 0.419. The Bertz CT molecular complexity index is 1580. The maximum absolute atomic E-state index is 14.0. The lowest BCUT2D eigenvalue weighted by atomic mass is 9.95. The lowest BCUT2D eigenvalue weighted by Gasteiger charge is -2.23. The Balaban J connectivity index is 1.36. The number of oxazole rings is 1. The molecular weight excluding hydrogens is 518 g/mol. The van der Waals surface area contributed by atoms with Gasteiger partial charge in [0, 0.05) is 56.0 Å². The molecular formula is C31H37N7O3. The Morgan fingerprint density at radius 2 is 1.93 bits per heavy atom. The molecule has 1 fully saturated rings. The van der Waals surface area contributed by atoms with Crippen molar-refractivity contribution < 1.29 is 9.15 Å². The maximum atomic E-state index is 14.0. The summed E-state index contributed by atoms with van der Waals surface area (Å²) in [7, 11) is 0. The molecule has 0 unspecified atom stereocenters. The molecule has 5 heterocycles. The van der Waals surface area contributed by atoms with Gasteiger partial charge in [-0.15, -0.1) is 0 Å². The summed E-state index contributed by atoms with van der Waals surface area (Å²) in [5, 5.41) is 7.47. The first-order chi connectivity index (χ1) is 20.1. The van der Waals surface area contributed by atoms with E-state index in [1.165, 1.54) is 17.5 Å². The minimum Gasteiger partial charge on any atom is -0.446 e. The predicted octanol–water partition coefficient (Wildman–Crippen LogP) is 4.69. The molecule has 4 aromatic rings. The fourth-order valence-corrected chi connectivity index (χ4v) is 5.77. The lowest BCUT2D eigenvalue weighted by Crippen LogP contribution is -2.33. The molecule has 1 saturated heterocycles. The van der Waals surface area contributed by atoms with Crippen LogP contribution in [0.4, 0.5) is 17.3 Å². The number of hydrogen-bond donors (Lipinski definition) is 2. The number of nitrogens with one attached hydrogen (secondary N) is 2. The quantitative estimate of drug-likeness (QED) is 0.304. The Morgan fingerprint density at radius 3 is 2.66 bits per heavy atom. The van der Waals surface area contributed by atoms with Crippen molar-refractivity contribution in [1.29, 1.82) is 0 Å². The third kappa shape index (κ3) is 5.75. The highest BCUT2D eigenvalue weighted by atomic mass is 16.5. The van der Waals surface area contributed by atoms with Crippen LogP contribution in [-0.4, -0.2) is 58.9 Å². The van der Waals surface area contributed by atoms with Crippen molar-refractivity contribution in [3.8, 4) is 0 Å². The van der Waals surface area contributed by atoms with Crippen LogP contribution in [0.1, 0.15) is 56.0 Å². The smallest absolute Gasteiger partial charge is 0.276 e. The minimum absolute atomic E-state index is 0.111. The van der Waals surface area contributed by atoms with E-state index in [1.807, 2.05) is 32.0 Å². The molecule has 0 radical (unpaired) electrons. The van der Waals surface area contributed by atoms with Crippen LogP contribution in [-0.2, 0) is 11.3 Å². The van der Waals surface area contributed by atoms with Crippen LogP contribution in [0.3, 0.4) is 0 Å². The highest BCUT2D eigenvalue weighted by molar-refractivity contribution is 5.80. The van der Waals surface area contributed by atoms with Gasteiger partial charge in [0.15, 0.2) is 6.39 Å². The summed E-state index contributed by atoms with van der Waals surface area (Å²) in [6.45, 7) is 9.09. The lowest BCUT2D eigenvalue weighted by molar-refractivity contribution is 0.0842. The summed E-state index contributed by atoms with van der Waals surface area (Å²) in [4.78, 5) is 30.0. The largest absolute Gasteiger partial charge is 0.446 e. The van der Waals surface area contributed by atoms with E-state index in [-0.39, 0.29) is 18.0 Å². The zero-order chi connectivity index (χ0) is 28.2. The zero-order valence-electron chi connectivity index (χ0n) is 23.7. The number of benzene rings is 1. The van der Waals surface area contributed by atoms with E-state index in [0.717, 1.165) is 62.2 Å². The Labute approximate surface area is 239 Å². The van der Waals surface area contributed by atoms with Crippen molar-refractivity contribution in [1.82, 2.24) is 24.8 Å². The normalized spacial score (nSPS) is 16.1. The second-order valence-electron chi connectivity index (χ2n) is 10.5. The Hall–Kier alpha value is -4.02. The number of pyridine rings is 1. The number of hydrogen-bond acceptors (Lipinski definition) is 9. The molecule has 6 rings (SSSR count). The van der Waals surface area contributed by atoms with Gasteiger partial charge in [0.25, 0.3) is 5.56 Å². The van der Waals surface area contributed by atoms with Crippen LogP contribution < -0.4 is 21.1 Å². The van der Waals surface area contributed by atoms with Crippen LogP contribution in [0.5, 0.6) is 0 Å². The second kappa shape index (κ2) is 12.2. The number of anilines is 3. The Morgan fingerprint density at radius 1 is 1.12 bits per heavy atom. The van der Waals surface area contributed by atoms with Crippen LogP contribution in [0.2, 0.25) is 0 Å². The molecule has 41 heavy (non-hydrogen) atoms. The molecule has 0 amide bonds. The van der Waals surface area contributed by atoms with Gasteiger partial charge in [0.05, 0.1) is 12.2 Å². The van der Waals surface area contributed by atoms with Crippen LogP contribution >= 0.6 is 0 Å². The van der Waals surface area contributed by atoms with Gasteiger partial charge in [-0.2, -0.15) is 4.98 Å². The summed E-state index contributed by atoms with van der Waals surface area (Å²) < 4.78 is 13.1. The second-order valence-corrected chi connectivity index (χ2v) is 10.5. The first-order valence-electron chi connectivity index (χ1n) is 14.6. The standard InChI is InChI=1S/C31H37N7O3/c1-3-37(4-2)26-17-24-18-33-31(35-25-7-5-21(6-8-25)22-9-13-32-14-10-22)36-29(24)38(30(26)39)19-27-28(34-20-41-27)23-11-15-40-16-12-23/h5-9,17-18,20,23,32H,3-4,10-16,19H2,1-2H3,(H,33,35,36). The van der Waals surface area contributed by atoms with Crippen molar-refractivity contribution >= 4 is 33.9 Å². The molecule has 0 aliphatic carbocycles. The van der Waals surface area contributed by atoms with E-state index in [9.17, 15) is 4.79 Å². The molecule has 10 nitrogen and oxygen atoms in total. The molecule has 0 spiro atoms. The SMILES string of the molecule is CCN(CC)c1cc2cnc(Nc3ccc(C4=CCNCC4)cc3)nc2n(Cc2ocnc2C2CCOCC2)c1=O. The first-order valence-corrected chi connectivity index (χ1v) is 14.6. The Kier molecular flexibility index (Phi) is 8.11. The number of aromatic nitrogens is 4.